The zero-order chi connectivity index (χ0) is 22.1. The van der Waals surface area contributed by atoms with E-state index in [9.17, 15) is 14.4 Å². The lowest BCUT2D eigenvalue weighted by Crippen LogP contribution is -2.56. The molecule has 3 heterocycles. The summed E-state index contributed by atoms with van der Waals surface area (Å²) >= 11 is 0. The van der Waals surface area contributed by atoms with Crippen molar-refractivity contribution in [2.75, 3.05) is 19.8 Å². The third kappa shape index (κ3) is 3.73. The van der Waals surface area contributed by atoms with Crippen LogP contribution in [0.25, 0.3) is 0 Å². The standard InChI is InChI=1S/C22H36N2O6/c1-5-29-20(28)16-15-19(27)24(12-8-6-7-9-13-25)17(18(26)23-14(2)3)22(15)11-10-21(16,4)30-22/h14-17,25H,5-13H2,1-4H3,(H,23,26)/t15-,16-,17?,21+,22?/m0/s1. The molecule has 1 spiro atoms. The number of aliphatic hydroxyl groups is 1. The van der Waals surface area contributed by atoms with Gasteiger partial charge in [0, 0.05) is 19.2 Å². The molecule has 3 aliphatic rings. The molecule has 3 saturated heterocycles. The van der Waals surface area contributed by atoms with Gasteiger partial charge in [-0.25, -0.2) is 0 Å². The number of rotatable bonds is 10. The number of nitrogens with zero attached hydrogens (tertiary/aromatic N) is 1. The molecule has 0 aromatic heterocycles. The Labute approximate surface area is 178 Å². The van der Waals surface area contributed by atoms with Crippen molar-refractivity contribution >= 4 is 17.8 Å². The quantitative estimate of drug-likeness (QED) is 0.406. The zero-order valence-corrected chi connectivity index (χ0v) is 18.6. The van der Waals surface area contributed by atoms with Gasteiger partial charge in [0.15, 0.2) is 0 Å². The van der Waals surface area contributed by atoms with E-state index >= 15 is 0 Å². The molecule has 2 N–H and O–H groups in total. The van der Waals surface area contributed by atoms with Gasteiger partial charge in [-0.05, 0) is 53.4 Å². The number of aliphatic hydroxyl groups excluding tert-OH is 1. The molecule has 0 radical (unpaired) electrons. The molecule has 0 aromatic rings. The summed E-state index contributed by atoms with van der Waals surface area (Å²) in [5.74, 6) is -2.18. The lowest BCUT2D eigenvalue weighted by molar-refractivity contribution is -0.159. The van der Waals surface area contributed by atoms with Crippen LogP contribution in [0.2, 0.25) is 0 Å². The molecule has 3 fully saturated rings. The summed E-state index contributed by atoms with van der Waals surface area (Å²) in [5, 5.41) is 11.9. The van der Waals surface area contributed by atoms with Crippen molar-refractivity contribution in [3.05, 3.63) is 0 Å². The third-order valence-electron chi connectivity index (χ3n) is 6.80. The molecular weight excluding hydrogens is 388 g/mol. The number of nitrogens with one attached hydrogen (secondary N) is 1. The molecule has 2 unspecified atom stereocenters. The van der Waals surface area contributed by atoms with Crippen LogP contribution in [-0.4, -0.2) is 70.8 Å². The lowest BCUT2D eigenvalue weighted by Gasteiger charge is -2.34. The second-order valence-electron chi connectivity index (χ2n) is 9.31. The maximum atomic E-state index is 13.6. The molecule has 5 atom stereocenters. The second kappa shape index (κ2) is 8.83. The first-order chi connectivity index (χ1) is 14.2. The Morgan fingerprint density at radius 2 is 1.97 bits per heavy atom. The van der Waals surface area contributed by atoms with Crippen LogP contribution in [0.5, 0.6) is 0 Å². The summed E-state index contributed by atoms with van der Waals surface area (Å²) in [5.41, 5.74) is -1.76. The van der Waals surface area contributed by atoms with E-state index in [1.807, 2.05) is 20.8 Å². The first-order valence-corrected chi connectivity index (χ1v) is 11.3. The molecule has 30 heavy (non-hydrogen) atoms. The Morgan fingerprint density at radius 1 is 1.27 bits per heavy atom. The fourth-order valence-corrected chi connectivity index (χ4v) is 5.67. The van der Waals surface area contributed by atoms with Crippen LogP contribution in [0.3, 0.4) is 0 Å². The van der Waals surface area contributed by atoms with Gasteiger partial charge in [-0.2, -0.15) is 0 Å². The van der Waals surface area contributed by atoms with Crippen LogP contribution < -0.4 is 5.32 Å². The summed E-state index contributed by atoms with van der Waals surface area (Å²) < 4.78 is 11.8. The van der Waals surface area contributed by atoms with Crippen LogP contribution >= 0.6 is 0 Å². The van der Waals surface area contributed by atoms with Crippen LogP contribution in [0, 0.1) is 11.8 Å². The van der Waals surface area contributed by atoms with Crippen molar-refractivity contribution in [3.8, 4) is 0 Å². The summed E-state index contributed by atoms with van der Waals surface area (Å²) in [6.45, 7) is 8.22. The van der Waals surface area contributed by atoms with Gasteiger partial charge < -0.3 is 24.8 Å². The number of amides is 2. The Balaban J connectivity index is 1.90. The van der Waals surface area contributed by atoms with Crippen molar-refractivity contribution in [3.63, 3.8) is 0 Å². The van der Waals surface area contributed by atoms with E-state index in [2.05, 4.69) is 5.32 Å². The summed E-state index contributed by atoms with van der Waals surface area (Å²) in [6.07, 6.45) is 4.39. The van der Waals surface area contributed by atoms with Crippen molar-refractivity contribution < 1.29 is 29.0 Å². The number of fused-ring (bicyclic) bond motifs is 1. The van der Waals surface area contributed by atoms with Gasteiger partial charge in [0.2, 0.25) is 11.8 Å². The third-order valence-corrected chi connectivity index (χ3v) is 6.80. The molecule has 2 bridgehead atoms. The van der Waals surface area contributed by atoms with E-state index in [-0.39, 0.29) is 31.1 Å². The average Bonchev–Trinajstić information content (AvgIpc) is 3.22. The Morgan fingerprint density at radius 3 is 2.60 bits per heavy atom. The van der Waals surface area contributed by atoms with Crippen molar-refractivity contribution in [2.24, 2.45) is 11.8 Å². The smallest absolute Gasteiger partial charge is 0.312 e. The first kappa shape index (κ1) is 23.0. The number of carbonyl (C=O) groups is 3. The van der Waals surface area contributed by atoms with E-state index in [0.29, 0.717) is 19.4 Å². The lowest BCUT2D eigenvalue weighted by atomic mass is 9.66. The largest absolute Gasteiger partial charge is 0.466 e. The van der Waals surface area contributed by atoms with Gasteiger partial charge in [0.25, 0.3) is 0 Å². The molecule has 3 aliphatic heterocycles. The van der Waals surface area contributed by atoms with E-state index in [0.717, 1.165) is 25.7 Å². The van der Waals surface area contributed by atoms with Gasteiger partial charge >= 0.3 is 5.97 Å². The van der Waals surface area contributed by atoms with Crippen LogP contribution in [0.15, 0.2) is 0 Å². The highest BCUT2D eigenvalue weighted by atomic mass is 16.6. The molecule has 0 aromatic carbocycles. The first-order valence-electron chi connectivity index (χ1n) is 11.3. The highest BCUT2D eigenvalue weighted by Crippen LogP contribution is 2.63. The van der Waals surface area contributed by atoms with E-state index in [1.165, 1.54) is 0 Å². The SMILES string of the molecule is CCOC(=O)[C@@H]1[C@H]2C(=O)N(CCCCCCO)C(C(=O)NC(C)C)C23CC[C@@]1(C)O3. The number of likely N-dealkylation sites (tertiary alicyclic amines) is 1. The number of esters is 1. The molecule has 8 heteroatoms. The molecule has 170 valence electrons. The topological polar surface area (TPSA) is 105 Å². The fourth-order valence-electron chi connectivity index (χ4n) is 5.67. The Hall–Kier alpha value is -1.67. The summed E-state index contributed by atoms with van der Waals surface area (Å²) in [6, 6.07) is -0.805. The van der Waals surface area contributed by atoms with Crippen molar-refractivity contribution in [1.82, 2.24) is 10.2 Å². The number of carbonyl (C=O) groups excluding carboxylic acids is 3. The van der Waals surface area contributed by atoms with Crippen LogP contribution in [-0.2, 0) is 23.9 Å². The molecule has 0 saturated carbocycles. The number of ether oxygens (including phenoxy) is 2. The van der Waals surface area contributed by atoms with Gasteiger partial charge in [-0.3, -0.25) is 14.4 Å². The minimum atomic E-state index is -0.979. The predicted molar refractivity (Wildman–Crippen MR) is 109 cm³/mol. The molecule has 0 aliphatic carbocycles. The van der Waals surface area contributed by atoms with Crippen molar-refractivity contribution in [2.45, 2.75) is 89.5 Å². The normalized spacial score (nSPS) is 34.5. The molecule has 2 amide bonds. The molecule has 3 rings (SSSR count). The van der Waals surface area contributed by atoms with E-state index in [4.69, 9.17) is 14.6 Å². The summed E-state index contributed by atoms with van der Waals surface area (Å²) in [7, 11) is 0. The van der Waals surface area contributed by atoms with Crippen LogP contribution in [0.4, 0.5) is 0 Å². The number of hydrogen-bond acceptors (Lipinski definition) is 6. The maximum absolute atomic E-state index is 13.6. The monoisotopic (exact) mass is 424 g/mol. The van der Waals surface area contributed by atoms with Gasteiger partial charge in [-0.1, -0.05) is 12.8 Å². The van der Waals surface area contributed by atoms with Gasteiger partial charge in [-0.15, -0.1) is 0 Å². The molecular formula is C22H36N2O6. The van der Waals surface area contributed by atoms with Gasteiger partial charge in [0.05, 0.1) is 18.1 Å². The fraction of sp³-hybridized carbons (Fsp3) is 0.864. The molecule has 8 nitrogen and oxygen atoms in total. The minimum Gasteiger partial charge on any atom is -0.466 e. The number of unbranched alkanes of at least 4 members (excludes halogenated alkanes) is 3. The highest BCUT2D eigenvalue weighted by Gasteiger charge is 2.78. The van der Waals surface area contributed by atoms with Crippen LogP contribution in [0.1, 0.15) is 66.2 Å². The number of hydrogen-bond donors (Lipinski definition) is 2. The Bertz CT molecular complexity index is 683. The minimum absolute atomic E-state index is 0.0653. The Kier molecular flexibility index (Phi) is 6.77. The van der Waals surface area contributed by atoms with Gasteiger partial charge in [0.1, 0.15) is 17.6 Å². The van der Waals surface area contributed by atoms with Crippen molar-refractivity contribution in [1.29, 1.82) is 0 Å². The average molecular weight is 425 g/mol. The van der Waals surface area contributed by atoms with E-state index < -0.39 is 35.0 Å². The van der Waals surface area contributed by atoms with E-state index in [1.54, 1.807) is 11.8 Å². The summed E-state index contributed by atoms with van der Waals surface area (Å²) in [4.78, 5) is 41.3. The second-order valence-corrected chi connectivity index (χ2v) is 9.31. The predicted octanol–water partition coefficient (Wildman–Crippen LogP) is 1.39. The highest BCUT2D eigenvalue weighted by molar-refractivity contribution is 5.98. The zero-order valence-electron chi connectivity index (χ0n) is 18.6. The maximum Gasteiger partial charge on any atom is 0.312 e.